The van der Waals surface area contributed by atoms with E-state index in [-0.39, 0.29) is 42.8 Å². The van der Waals surface area contributed by atoms with Crippen molar-refractivity contribution >= 4 is 29.9 Å². The third-order valence-corrected chi connectivity index (χ3v) is 3.87. The zero-order valence-electron chi connectivity index (χ0n) is 15.9. The normalized spacial score (nSPS) is 12.3. The van der Waals surface area contributed by atoms with Crippen LogP contribution in [0.3, 0.4) is 0 Å². The summed E-state index contributed by atoms with van der Waals surface area (Å²) in [5.41, 5.74) is 2.48. The van der Waals surface area contributed by atoms with Crippen molar-refractivity contribution < 1.29 is 18.6 Å². The topological polar surface area (TPSA) is 65.9 Å². The monoisotopic (exact) mass is 505 g/mol. The summed E-state index contributed by atoms with van der Waals surface area (Å²) in [4.78, 5) is 4.39. The fourth-order valence-corrected chi connectivity index (χ4v) is 2.45. The molecule has 2 aromatic rings. The predicted molar refractivity (Wildman–Crippen MR) is 117 cm³/mol. The highest BCUT2D eigenvalue weighted by atomic mass is 127. The fourth-order valence-electron chi connectivity index (χ4n) is 2.45. The Balaban J connectivity index is 0.00000392. The van der Waals surface area contributed by atoms with Gasteiger partial charge in [0.1, 0.15) is 5.75 Å². The average Bonchev–Trinajstić information content (AvgIpc) is 2.65. The summed E-state index contributed by atoms with van der Waals surface area (Å²) < 4.78 is 29.5. The number of hydrogen-bond acceptors (Lipinski definition) is 3. The first-order valence-corrected chi connectivity index (χ1v) is 8.79. The molecule has 0 spiro atoms. The molecule has 0 bridgehead atoms. The molecule has 154 valence electrons. The van der Waals surface area contributed by atoms with E-state index in [0.717, 1.165) is 11.1 Å². The van der Waals surface area contributed by atoms with Crippen LogP contribution in [0, 0.1) is 6.92 Å². The number of nitrogens with zero attached hydrogens (tertiary/aromatic N) is 1. The number of hydrogen-bond donors (Lipinski definition) is 3. The molecular formula is C20H26F2IN3O2. The van der Waals surface area contributed by atoms with Gasteiger partial charge in [0, 0.05) is 18.7 Å². The van der Waals surface area contributed by atoms with E-state index in [1.807, 2.05) is 38.1 Å². The minimum Gasteiger partial charge on any atom is -0.434 e. The van der Waals surface area contributed by atoms with E-state index in [1.54, 1.807) is 18.2 Å². The van der Waals surface area contributed by atoms with Gasteiger partial charge in [-0.1, -0.05) is 48.0 Å². The van der Waals surface area contributed by atoms with Crippen LogP contribution in [0.5, 0.6) is 5.75 Å². The Hall–Kier alpha value is -1.94. The van der Waals surface area contributed by atoms with Crippen molar-refractivity contribution in [1.82, 2.24) is 10.6 Å². The molecular weight excluding hydrogens is 479 g/mol. The van der Waals surface area contributed by atoms with Crippen LogP contribution in [0.25, 0.3) is 0 Å². The van der Waals surface area contributed by atoms with E-state index in [0.29, 0.717) is 18.1 Å². The van der Waals surface area contributed by atoms with E-state index in [1.165, 1.54) is 6.07 Å². The number of aliphatic hydroxyl groups excluding tert-OH is 1. The second-order valence-corrected chi connectivity index (χ2v) is 5.99. The number of alkyl halides is 2. The summed E-state index contributed by atoms with van der Waals surface area (Å²) in [5.74, 6) is 0.585. The summed E-state index contributed by atoms with van der Waals surface area (Å²) in [5, 5.41) is 16.4. The maximum atomic E-state index is 12.5. The molecule has 0 saturated heterocycles. The number of ether oxygens (including phenoxy) is 1. The summed E-state index contributed by atoms with van der Waals surface area (Å²) in [7, 11) is 0. The number of nitrogens with one attached hydrogen (secondary N) is 2. The summed E-state index contributed by atoms with van der Waals surface area (Å²) in [6.07, 6.45) is -0.691. The quantitative estimate of drug-likeness (QED) is 0.288. The number of para-hydroxylation sites is 1. The largest absolute Gasteiger partial charge is 0.434 e. The smallest absolute Gasteiger partial charge is 0.387 e. The highest BCUT2D eigenvalue weighted by Crippen LogP contribution is 2.21. The van der Waals surface area contributed by atoms with E-state index < -0.39 is 12.7 Å². The maximum Gasteiger partial charge on any atom is 0.387 e. The van der Waals surface area contributed by atoms with Gasteiger partial charge < -0.3 is 20.5 Å². The van der Waals surface area contributed by atoms with Crippen LogP contribution in [0.15, 0.2) is 53.5 Å². The van der Waals surface area contributed by atoms with Gasteiger partial charge in [-0.05, 0) is 25.5 Å². The molecule has 1 atom stereocenters. The van der Waals surface area contributed by atoms with Gasteiger partial charge in [-0.2, -0.15) is 8.78 Å². The Labute approximate surface area is 181 Å². The molecule has 2 rings (SSSR count). The highest BCUT2D eigenvalue weighted by Gasteiger charge is 2.10. The van der Waals surface area contributed by atoms with Crippen molar-refractivity contribution in [3.8, 4) is 5.75 Å². The first-order chi connectivity index (χ1) is 13.0. The summed E-state index contributed by atoms with van der Waals surface area (Å²) in [6, 6.07) is 14.2. The van der Waals surface area contributed by atoms with E-state index >= 15 is 0 Å². The van der Waals surface area contributed by atoms with E-state index in [9.17, 15) is 13.9 Å². The maximum absolute atomic E-state index is 12.5. The van der Waals surface area contributed by atoms with Gasteiger partial charge in [-0.15, -0.1) is 24.0 Å². The number of benzene rings is 2. The van der Waals surface area contributed by atoms with Crippen LogP contribution in [-0.2, 0) is 6.54 Å². The van der Waals surface area contributed by atoms with Crippen molar-refractivity contribution in [2.45, 2.75) is 33.1 Å². The standard InChI is InChI=1S/C20H25F2N3O2.HI/c1-3-23-20(25-13-17(26)15-10-8-14(2)9-11-15)24-12-16-6-4-5-7-18(16)27-19(21)22;/h4-11,17,19,26H,3,12-13H2,1-2H3,(H2,23,24,25);1H. The zero-order chi connectivity index (χ0) is 19.6. The molecule has 0 fully saturated rings. The second kappa shape index (κ2) is 12.5. The van der Waals surface area contributed by atoms with Gasteiger partial charge in [0.25, 0.3) is 0 Å². The molecule has 0 heterocycles. The van der Waals surface area contributed by atoms with Crippen molar-refractivity contribution in [1.29, 1.82) is 0 Å². The molecule has 1 unspecified atom stereocenters. The number of aliphatic hydroxyl groups is 1. The van der Waals surface area contributed by atoms with Crippen molar-refractivity contribution in [2.75, 3.05) is 13.1 Å². The Kier molecular flexibility index (Phi) is 10.8. The van der Waals surface area contributed by atoms with E-state index in [4.69, 9.17) is 0 Å². The molecule has 0 aromatic heterocycles. The Morgan fingerprint density at radius 3 is 2.43 bits per heavy atom. The van der Waals surface area contributed by atoms with Crippen LogP contribution in [0.1, 0.15) is 29.7 Å². The van der Waals surface area contributed by atoms with Crippen LogP contribution in [0.2, 0.25) is 0 Å². The molecule has 28 heavy (non-hydrogen) atoms. The second-order valence-electron chi connectivity index (χ2n) is 5.99. The average molecular weight is 505 g/mol. The summed E-state index contributed by atoms with van der Waals surface area (Å²) >= 11 is 0. The Morgan fingerprint density at radius 2 is 1.79 bits per heavy atom. The molecule has 0 aliphatic rings. The van der Waals surface area contributed by atoms with Crippen molar-refractivity contribution in [3.63, 3.8) is 0 Å². The summed E-state index contributed by atoms with van der Waals surface area (Å²) in [6.45, 7) is 2.08. The number of rotatable bonds is 8. The van der Waals surface area contributed by atoms with Gasteiger partial charge in [-0.3, -0.25) is 0 Å². The van der Waals surface area contributed by atoms with Crippen LogP contribution < -0.4 is 15.4 Å². The van der Waals surface area contributed by atoms with Crippen LogP contribution >= 0.6 is 24.0 Å². The van der Waals surface area contributed by atoms with Crippen LogP contribution in [0.4, 0.5) is 8.78 Å². The molecule has 3 N–H and O–H groups in total. The van der Waals surface area contributed by atoms with Crippen molar-refractivity contribution in [3.05, 3.63) is 65.2 Å². The first kappa shape index (κ1) is 24.1. The van der Waals surface area contributed by atoms with E-state index in [2.05, 4.69) is 20.4 Å². The van der Waals surface area contributed by atoms with Gasteiger partial charge in [0.2, 0.25) is 0 Å². The number of guanidine groups is 1. The zero-order valence-corrected chi connectivity index (χ0v) is 18.2. The third-order valence-electron chi connectivity index (χ3n) is 3.87. The van der Waals surface area contributed by atoms with Crippen molar-refractivity contribution in [2.24, 2.45) is 4.99 Å². The lowest BCUT2D eigenvalue weighted by molar-refractivity contribution is -0.0504. The Bertz CT molecular complexity index is 742. The molecule has 2 aromatic carbocycles. The van der Waals surface area contributed by atoms with Gasteiger partial charge >= 0.3 is 6.61 Å². The molecule has 0 amide bonds. The molecule has 0 aliphatic carbocycles. The van der Waals surface area contributed by atoms with Crippen LogP contribution in [-0.4, -0.2) is 30.8 Å². The van der Waals surface area contributed by atoms with Gasteiger partial charge in [0.05, 0.1) is 12.6 Å². The molecule has 8 heteroatoms. The highest BCUT2D eigenvalue weighted by molar-refractivity contribution is 14.0. The lowest BCUT2D eigenvalue weighted by atomic mass is 10.1. The molecule has 0 aliphatic heterocycles. The lowest BCUT2D eigenvalue weighted by Gasteiger charge is -2.16. The van der Waals surface area contributed by atoms with Gasteiger partial charge in [0.15, 0.2) is 5.96 Å². The number of halogens is 3. The Morgan fingerprint density at radius 1 is 1.11 bits per heavy atom. The fraction of sp³-hybridized carbons (Fsp3) is 0.350. The first-order valence-electron chi connectivity index (χ1n) is 8.79. The SMILES string of the molecule is CCNC(=NCc1ccccc1OC(F)F)NCC(O)c1ccc(C)cc1.I. The van der Waals surface area contributed by atoms with Gasteiger partial charge in [-0.25, -0.2) is 4.99 Å². The predicted octanol–water partition coefficient (Wildman–Crippen LogP) is 4.00. The minimum atomic E-state index is -2.88. The molecule has 5 nitrogen and oxygen atoms in total. The number of aryl methyl sites for hydroxylation is 1. The molecule has 0 radical (unpaired) electrons. The lowest BCUT2D eigenvalue weighted by Crippen LogP contribution is -2.39. The third kappa shape index (κ3) is 7.97. The minimum absolute atomic E-state index is 0. The molecule has 0 saturated carbocycles. The number of aliphatic imine (C=N–C) groups is 1.